The van der Waals surface area contributed by atoms with E-state index in [1.54, 1.807) is 25.1 Å². The summed E-state index contributed by atoms with van der Waals surface area (Å²) in [5.74, 6) is 0.984. The van der Waals surface area contributed by atoms with Crippen LogP contribution in [0.2, 0.25) is 10.0 Å². The van der Waals surface area contributed by atoms with E-state index in [2.05, 4.69) is 15.5 Å². The van der Waals surface area contributed by atoms with Crippen LogP contribution in [-0.2, 0) is 17.1 Å². The van der Waals surface area contributed by atoms with Crippen molar-refractivity contribution in [2.75, 3.05) is 0 Å². The third-order valence-electron chi connectivity index (χ3n) is 3.84. The van der Waals surface area contributed by atoms with Crippen LogP contribution < -0.4 is 5.32 Å². The van der Waals surface area contributed by atoms with Crippen LogP contribution in [-0.4, -0.2) is 26.0 Å². The van der Waals surface area contributed by atoms with Gasteiger partial charge in [0.1, 0.15) is 5.38 Å². The van der Waals surface area contributed by atoms with E-state index in [-0.39, 0.29) is 12.5 Å². The minimum Gasteiger partial charge on any atom is -0.348 e. The monoisotopic (exact) mass is 454 g/mol. The number of aromatic nitrogens is 3. The first-order valence-corrected chi connectivity index (χ1v) is 10.6. The van der Waals surface area contributed by atoms with Crippen molar-refractivity contribution in [2.45, 2.75) is 29.8 Å². The van der Waals surface area contributed by atoms with Gasteiger partial charge in [0.2, 0.25) is 5.91 Å². The number of hydrogen-bond donors (Lipinski definition) is 1. The van der Waals surface area contributed by atoms with Gasteiger partial charge in [-0.25, -0.2) is 0 Å². The molecular weight excluding hydrogens is 439 g/mol. The molecule has 1 heterocycles. The van der Waals surface area contributed by atoms with Crippen LogP contribution >= 0.6 is 46.6 Å². The predicted octanol–water partition coefficient (Wildman–Crippen LogP) is 5.11. The van der Waals surface area contributed by atoms with E-state index in [1.807, 2.05) is 34.9 Å². The lowest BCUT2D eigenvalue weighted by Gasteiger charge is -2.13. The summed E-state index contributed by atoms with van der Waals surface area (Å²) in [6, 6.07) is 15.3. The zero-order valence-electron chi connectivity index (χ0n) is 14.9. The Balaban J connectivity index is 1.91. The molecule has 0 radical (unpaired) electrons. The van der Waals surface area contributed by atoms with Gasteiger partial charge in [-0.2, -0.15) is 0 Å². The van der Waals surface area contributed by atoms with Crippen molar-refractivity contribution in [1.82, 2.24) is 20.1 Å². The maximum Gasteiger partial charge on any atom is 0.238 e. The minimum absolute atomic E-state index is 0.174. The molecule has 146 valence electrons. The second-order valence-corrected chi connectivity index (χ2v) is 8.38. The summed E-state index contributed by atoms with van der Waals surface area (Å²) in [5, 5.41) is 12.3. The molecule has 1 atom stereocenters. The van der Waals surface area contributed by atoms with Crippen molar-refractivity contribution in [3.8, 4) is 5.69 Å². The summed E-state index contributed by atoms with van der Waals surface area (Å²) >= 11 is 19.8. The topological polar surface area (TPSA) is 59.8 Å². The van der Waals surface area contributed by atoms with Crippen molar-refractivity contribution >= 4 is 52.5 Å². The molecule has 1 N–H and O–H groups in total. The molecule has 0 saturated carbocycles. The number of carbonyl (C=O) groups excluding carboxylic acids is 1. The first-order chi connectivity index (χ1) is 13.5. The summed E-state index contributed by atoms with van der Waals surface area (Å²) in [4.78, 5) is 11.8. The molecule has 0 aliphatic rings. The molecular formula is C19H17Cl3N4OS. The number of rotatable bonds is 7. The fourth-order valence-electron chi connectivity index (χ4n) is 2.44. The molecule has 1 unspecified atom stereocenters. The maximum absolute atomic E-state index is 11.8. The summed E-state index contributed by atoms with van der Waals surface area (Å²) in [5.41, 5.74) is 1.85. The molecule has 5 nitrogen and oxygen atoms in total. The van der Waals surface area contributed by atoms with Gasteiger partial charge in [0.15, 0.2) is 11.0 Å². The molecule has 0 fully saturated rings. The van der Waals surface area contributed by atoms with E-state index >= 15 is 0 Å². The van der Waals surface area contributed by atoms with Crippen molar-refractivity contribution < 1.29 is 4.79 Å². The lowest BCUT2D eigenvalue weighted by Crippen LogP contribution is -2.30. The van der Waals surface area contributed by atoms with Crippen molar-refractivity contribution in [1.29, 1.82) is 0 Å². The highest BCUT2D eigenvalue weighted by molar-refractivity contribution is 7.98. The van der Waals surface area contributed by atoms with Crippen LogP contribution in [0.1, 0.15) is 18.3 Å². The molecule has 1 amide bonds. The SMILES string of the molecule is CC(Cl)C(=O)NCc1nnc(SCc2ccccc2)n1-c1ccc(Cl)cc1Cl. The molecule has 0 aliphatic heterocycles. The number of amides is 1. The Morgan fingerprint density at radius 1 is 1.18 bits per heavy atom. The molecule has 1 aromatic heterocycles. The average molecular weight is 456 g/mol. The Kier molecular flexibility index (Phi) is 7.24. The molecule has 0 saturated heterocycles. The van der Waals surface area contributed by atoms with Gasteiger partial charge in [0.25, 0.3) is 0 Å². The summed E-state index contributed by atoms with van der Waals surface area (Å²) in [7, 11) is 0. The number of alkyl halides is 1. The van der Waals surface area contributed by atoms with Gasteiger partial charge in [-0.3, -0.25) is 9.36 Å². The van der Waals surface area contributed by atoms with E-state index in [0.29, 0.717) is 26.7 Å². The lowest BCUT2D eigenvalue weighted by atomic mass is 10.2. The summed E-state index contributed by atoms with van der Waals surface area (Å²) < 4.78 is 1.82. The molecule has 3 aromatic rings. The van der Waals surface area contributed by atoms with E-state index in [4.69, 9.17) is 34.8 Å². The van der Waals surface area contributed by atoms with E-state index in [9.17, 15) is 4.79 Å². The minimum atomic E-state index is -0.637. The quantitative estimate of drug-likeness (QED) is 0.397. The highest BCUT2D eigenvalue weighted by atomic mass is 35.5. The second kappa shape index (κ2) is 9.65. The third-order valence-corrected chi connectivity index (χ3v) is 5.58. The van der Waals surface area contributed by atoms with E-state index in [0.717, 1.165) is 11.3 Å². The van der Waals surface area contributed by atoms with Crippen LogP contribution in [0, 0.1) is 0 Å². The van der Waals surface area contributed by atoms with Crippen molar-refractivity contribution in [3.05, 3.63) is 70.0 Å². The Bertz CT molecular complexity index is 963. The van der Waals surface area contributed by atoms with E-state index in [1.165, 1.54) is 11.8 Å². The first kappa shape index (κ1) is 21.0. The fourth-order valence-corrected chi connectivity index (χ4v) is 3.93. The van der Waals surface area contributed by atoms with Crippen LogP contribution in [0.4, 0.5) is 0 Å². The molecule has 9 heteroatoms. The number of benzene rings is 2. The molecule has 0 aliphatic carbocycles. The predicted molar refractivity (Wildman–Crippen MR) is 115 cm³/mol. The molecule has 0 spiro atoms. The van der Waals surface area contributed by atoms with Gasteiger partial charge in [0.05, 0.1) is 17.3 Å². The van der Waals surface area contributed by atoms with Crippen LogP contribution in [0.25, 0.3) is 5.69 Å². The molecule has 3 rings (SSSR count). The Hall–Kier alpha value is -1.73. The lowest BCUT2D eigenvalue weighted by molar-refractivity contribution is -0.120. The largest absolute Gasteiger partial charge is 0.348 e. The molecule has 0 bridgehead atoms. The summed E-state index contributed by atoms with van der Waals surface area (Å²) in [6.45, 7) is 1.78. The highest BCUT2D eigenvalue weighted by Gasteiger charge is 2.18. The van der Waals surface area contributed by atoms with Gasteiger partial charge in [-0.05, 0) is 30.7 Å². The second-order valence-electron chi connectivity index (χ2n) is 5.94. The Labute approximate surface area is 182 Å². The normalized spacial score (nSPS) is 12.0. The Morgan fingerprint density at radius 3 is 2.61 bits per heavy atom. The highest BCUT2D eigenvalue weighted by Crippen LogP contribution is 2.30. The zero-order valence-corrected chi connectivity index (χ0v) is 18.0. The van der Waals surface area contributed by atoms with Gasteiger partial charge in [0, 0.05) is 10.8 Å². The standard InChI is InChI=1S/C19H17Cl3N4OS/c1-12(20)18(27)23-10-17-24-25-19(28-11-13-5-3-2-4-6-13)26(17)16-8-7-14(21)9-15(16)22/h2-9,12H,10-11H2,1H3,(H,23,27). The number of thioether (sulfide) groups is 1. The van der Waals surface area contributed by atoms with Crippen LogP contribution in [0.15, 0.2) is 53.7 Å². The maximum atomic E-state index is 11.8. The van der Waals surface area contributed by atoms with E-state index < -0.39 is 5.38 Å². The van der Waals surface area contributed by atoms with Gasteiger partial charge in [-0.1, -0.05) is 65.3 Å². The van der Waals surface area contributed by atoms with Crippen molar-refractivity contribution in [3.63, 3.8) is 0 Å². The molecule has 2 aromatic carbocycles. The van der Waals surface area contributed by atoms with Crippen LogP contribution in [0.3, 0.4) is 0 Å². The molecule has 28 heavy (non-hydrogen) atoms. The number of nitrogens with zero attached hydrogens (tertiary/aromatic N) is 3. The number of hydrogen-bond acceptors (Lipinski definition) is 4. The number of nitrogens with one attached hydrogen (secondary N) is 1. The number of carbonyl (C=O) groups is 1. The first-order valence-electron chi connectivity index (χ1n) is 8.44. The zero-order chi connectivity index (χ0) is 20.1. The van der Waals surface area contributed by atoms with Gasteiger partial charge >= 0.3 is 0 Å². The fraction of sp³-hybridized carbons (Fsp3) is 0.211. The number of halogens is 3. The van der Waals surface area contributed by atoms with Gasteiger partial charge in [-0.15, -0.1) is 21.8 Å². The average Bonchev–Trinajstić information content (AvgIpc) is 3.07. The van der Waals surface area contributed by atoms with Crippen molar-refractivity contribution in [2.24, 2.45) is 0 Å². The smallest absolute Gasteiger partial charge is 0.238 e. The summed E-state index contributed by atoms with van der Waals surface area (Å²) in [6.07, 6.45) is 0. The third kappa shape index (κ3) is 5.20. The Morgan fingerprint density at radius 2 is 1.93 bits per heavy atom. The van der Waals surface area contributed by atoms with Crippen LogP contribution in [0.5, 0.6) is 0 Å². The van der Waals surface area contributed by atoms with Gasteiger partial charge < -0.3 is 5.32 Å².